The molecule has 0 aromatic heterocycles. The van der Waals surface area contributed by atoms with Crippen molar-refractivity contribution in [2.24, 2.45) is 0 Å². The van der Waals surface area contributed by atoms with E-state index in [0.29, 0.717) is 13.1 Å². The number of carboxylic acid groups (broad SMARTS) is 1. The number of carbonyl (C=O) groups is 2. The number of piperazine rings is 1. The minimum atomic E-state index is -0.756. The van der Waals surface area contributed by atoms with Crippen LogP contribution in [-0.4, -0.2) is 72.1 Å². The largest absolute Gasteiger partial charge is 0.481 e. The molecule has 2 N–H and O–H groups in total. The highest BCUT2D eigenvalue weighted by atomic mass is 16.4. The van der Waals surface area contributed by atoms with Crippen LogP contribution in [0.3, 0.4) is 0 Å². The fraction of sp³-hybridized carbons (Fsp3) is 0.833. The third kappa shape index (κ3) is 4.62. The van der Waals surface area contributed by atoms with Gasteiger partial charge < -0.3 is 15.3 Å². The Hall–Kier alpha value is -1.14. The van der Waals surface area contributed by atoms with E-state index in [-0.39, 0.29) is 18.4 Å². The van der Waals surface area contributed by atoms with E-state index in [1.54, 1.807) is 0 Å². The van der Waals surface area contributed by atoms with Crippen molar-refractivity contribution in [1.82, 2.24) is 15.1 Å². The summed E-state index contributed by atoms with van der Waals surface area (Å²) in [5.74, 6) is -0.690. The minimum Gasteiger partial charge on any atom is -0.481 e. The van der Waals surface area contributed by atoms with Crippen LogP contribution in [-0.2, 0) is 9.59 Å². The summed E-state index contributed by atoms with van der Waals surface area (Å²) < 4.78 is 0. The summed E-state index contributed by atoms with van der Waals surface area (Å²) in [6.07, 6.45) is 0.186. The van der Waals surface area contributed by atoms with Gasteiger partial charge in [0.1, 0.15) is 0 Å². The third-order valence-electron chi connectivity index (χ3n) is 3.33. The molecule has 0 radical (unpaired) electrons. The Balaban J connectivity index is 2.30. The Morgan fingerprint density at radius 2 is 1.89 bits per heavy atom. The summed E-state index contributed by atoms with van der Waals surface area (Å²) in [6.45, 7) is 8.37. The number of hydrogen-bond acceptors (Lipinski definition) is 4. The van der Waals surface area contributed by atoms with Gasteiger partial charge in [-0.2, -0.15) is 0 Å². The number of amides is 1. The maximum atomic E-state index is 11.7. The topological polar surface area (TPSA) is 72.9 Å². The zero-order chi connectivity index (χ0) is 13.5. The van der Waals surface area contributed by atoms with E-state index in [1.807, 2.05) is 13.8 Å². The van der Waals surface area contributed by atoms with Gasteiger partial charge in [0.15, 0.2) is 0 Å². The Morgan fingerprint density at radius 1 is 1.28 bits per heavy atom. The molecule has 0 bridgehead atoms. The number of carboxylic acids is 1. The van der Waals surface area contributed by atoms with Crippen LogP contribution < -0.4 is 5.32 Å². The molecule has 0 aromatic rings. The van der Waals surface area contributed by atoms with Crippen LogP contribution in [0.1, 0.15) is 20.3 Å². The van der Waals surface area contributed by atoms with Crippen molar-refractivity contribution in [3.8, 4) is 0 Å². The lowest BCUT2D eigenvalue weighted by molar-refractivity contribution is -0.137. The average Bonchev–Trinajstić information content (AvgIpc) is 2.36. The van der Waals surface area contributed by atoms with Gasteiger partial charge >= 0.3 is 5.97 Å². The van der Waals surface area contributed by atoms with Crippen LogP contribution in [0, 0.1) is 0 Å². The summed E-state index contributed by atoms with van der Waals surface area (Å²) in [4.78, 5) is 26.5. The second-order valence-electron chi connectivity index (χ2n) is 4.59. The lowest BCUT2D eigenvalue weighted by Gasteiger charge is -2.37. The van der Waals surface area contributed by atoms with Gasteiger partial charge in [0.05, 0.1) is 12.5 Å². The van der Waals surface area contributed by atoms with E-state index < -0.39 is 5.97 Å². The zero-order valence-corrected chi connectivity index (χ0v) is 11.2. The van der Waals surface area contributed by atoms with Gasteiger partial charge in [-0.1, -0.05) is 0 Å². The molecule has 18 heavy (non-hydrogen) atoms. The standard InChI is InChI=1S/C12H23N3O3/c1-3-13-12(18)10(2)15-8-6-14(7-9-15)5-4-11(16)17/h10H,3-9H2,1-2H3,(H,13,18)(H,16,17). The number of carbonyl (C=O) groups excluding carboxylic acids is 1. The SMILES string of the molecule is CCNC(=O)C(C)N1CCN(CCC(=O)O)CC1. The molecule has 1 aliphatic heterocycles. The van der Waals surface area contributed by atoms with Crippen LogP contribution >= 0.6 is 0 Å². The molecule has 1 fully saturated rings. The number of aliphatic carboxylic acids is 1. The van der Waals surface area contributed by atoms with Crippen LogP contribution in [0.2, 0.25) is 0 Å². The molecule has 1 rings (SSSR count). The maximum absolute atomic E-state index is 11.7. The first-order valence-corrected chi connectivity index (χ1v) is 6.50. The molecule has 0 aromatic carbocycles. The predicted molar refractivity (Wildman–Crippen MR) is 68.4 cm³/mol. The van der Waals surface area contributed by atoms with E-state index in [1.165, 1.54) is 0 Å². The van der Waals surface area contributed by atoms with Gasteiger partial charge in [-0.05, 0) is 13.8 Å². The Morgan fingerprint density at radius 3 is 2.39 bits per heavy atom. The van der Waals surface area contributed by atoms with Crippen molar-refractivity contribution in [3.63, 3.8) is 0 Å². The van der Waals surface area contributed by atoms with Gasteiger partial charge in [0.25, 0.3) is 0 Å². The van der Waals surface area contributed by atoms with Crippen molar-refractivity contribution >= 4 is 11.9 Å². The van der Waals surface area contributed by atoms with Gasteiger partial charge in [0, 0.05) is 39.3 Å². The number of nitrogens with zero attached hydrogens (tertiary/aromatic N) is 2. The number of likely N-dealkylation sites (N-methyl/N-ethyl adjacent to an activating group) is 1. The molecule has 0 aliphatic carbocycles. The summed E-state index contributed by atoms with van der Waals surface area (Å²) in [5, 5.41) is 11.4. The zero-order valence-electron chi connectivity index (χ0n) is 11.2. The lowest BCUT2D eigenvalue weighted by Crippen LogP contribution is -2.54. The second kappa shape index (κ2) is 7.33. The monoisotopic (exact) mass is 257 g/mol. The Bertz CT molecular complexity index is 288. The molecule has 1 aliphatic rings. The quantitative estimate of drug-likeness (QED) is 0.677. The van der Waals surface area contributed by atoms with Crippen LogP contribution in [0.5, 0.6) is 0 Å². The van der Waals surface area contributed by atoms with Gasteiger partial charge in [-0.3, -0.25) is 14.5 Å². The van der Waals surface area contributed by atoms with Gasteiger partial charge in [-0.15, -0.1) is 0 Å². The predicted octanol–water partition coefficient (Wildman–Crippen LogP) is -0.397. The van der Waals surface area contributed by atoms with Crippen molar-refractivity contribution in [2.45, 2.75) is 26.3 Å². The molecule has 1 unspecified atom stereocenters. The summed E-state index contributed by atoms with van der Waals surface area (Å²) in [5.41, 5.74) is 0. The molecular weight excluding hydrogens is 234 g/mol. The molecule has 6 heteroatoms. The third-order valence-corrected chi connectivity index (χ3v) is 3.33. The summed E-state index contributed by atoms with van der Waals surface area (Å²) >= 11 is 0. The van der Waals surface area contributed by atoms with Gasteiger partial charge in [0.2, 0.25) is 5.91 Å². The first kappa shape index (κ1) is 14.9. The van der Waals surface area contributed by atoms with E-state index in [0.717, 1.165) is 26.2 Å². The number of rotatable bonds is 6. The number of hydrogen-bond donors (Lipinski definition) is 2. The fourth-order valence-electron chi connectivity index (χ4n) is 2.12. The highest BCUT2D eigenvalue weighted by Crippen LogP contribution is 2.07. The summed E-state index contributed by atoms with van der Waals surface area (Å²) in [6, 6.07) is -0.105. The first-order chi connectivity index (χ1) is 8.54. The summed E-state index contributed by atoms with van der Waals surface area (Å²) in [7, 11) is 0. The lowest BCUT2D eigenvalue weighted by atomic mass is 10.2. The Kier molecular flexibility index (Phi) is 6.07. The van der Waals surface area contributed by atoms with Crippen molar-refractivity contribution in [3.05, 3.63) is 0 Å². The van der Waals surface area contributed by atoms with Crippen molar-refractivity contribution in [1.29, 1.82) is 0 Å². The molecule has 6 nitrogen and oxygen atoms in total. The highest BCUT2D eigenvalue weighted by molar-refractivity contribution is 5.81. The number of nitrogens with one attached hydrogen (secondary N) is 1. The van der Waals surface area contributed by atoms with Crippen molar-refractivity contribution < 1.29 is 14.7 Å². The molecule has 104 valence electrons. The molecule has 1 heterocycles. The minimum absolute atomic E-state index is 0.0662. The molecule has 1 saturated heterocycles. The molecular formula is C12H23N3O3. The normalized spacial score (nSPS) is 19.4. The van der Waals surface area contributed by atoms with Crippen molar-refractivity contribution in [2.75, 3.05) is 39.3 Å². The first-order valence-electron chi connectivity index (χ1n) is 6.50. The maximum Gasteiger partial charge on any atom is 0.304 e. The van der Waals surface area contributed by atoms with E-state index in [2.05, 4.69) is 15.1 Å². The highest BCUT2D eigenvalue weighted by Gasteiger charge is 2.25. The molecule has 0 saturated carbocycles. The average molecular weight is 257 g/mol. The van der Waals surface area contributed by atoms with Gasteiger partial charge in [-0.25, -0.2) is 0 Å². The van der Waals surface area contributed by atoms with E-state index in [4.69, 9.17) is 5.11 Å². The van der Waals surface area contributed by atoms with E-state index in [9.17, 15) is 9.59 Å². The molecule has 0 spiro atoms. The smallest absolute Gasteiger partial charge is 0.304 e. The van der Waals surface area contributed by atoms with Crippen LogP contribution in [0.4, 0.5) is 0 Å². The van der Waals surface area contributed by atoms with Crippen LogP contribution in [0.25, 0.3) is 0 Å². The molecule has 1 amide bonds. The second-order valence-corrected chi connectivity index (χ2v) is 4.59. The Labute approximate surface area is 108 Å². The molecule has 1 atom stereocenters. The fourth-order valence-corrected chi connectivity index (χ4v) is 2.12. The van der Waals surface area contributed by atoms with E-state index >= 15 is 0 Å². The van der Waals surface area contributed by atoms with Crippen LogP contribution in [0.15, 0.2) is 0 Å².